The van der Waals surface area contributed by atoms with E-state index in [0.29, 0.717) is 17.9 Å². The summed E-state index contributed by atoms with van der Waals surface area (Å²) in [6.45, 7) is 2.39. The Labute approximate surface area is 106 Å². The second-order valence-corrected chi connectivity index (χ2v) is 3.62. The third-order valence-corrected chi connectivity index (χ3v) is 2.46. The first-order valence-electron chi connectivity index (χ1n) is 5.52. The minimum absolute atomic E-state index is 0.0323. The molecule has 0 saturated heterocycles. The lowest BCUT2D eigenvalue weighted by Crippen LogP contribution is -2.30. The van der Waals surface area contributed by atoms with E-state index in [1.807, 2.05) is 6.92 Å². The Hall–Kier alpha value is -2.08. The number of nitrogens with two attached hydrogens (primary N) is 1. The predicted molar refractivity (Wildman–Crippen MR) is 68.9 cm³/mol. The second-order valence-electron chi connectivity index (χ2n) is 3.62. The van der Waals surface area contributed by atoms with Crippen LogP contribution in [-0.2, 0) is 9.53 Å². The van der Waals surface area contributed by atoms with Crippen LogP contribution < -0.4 is 10.6 Å². The van der Waals surface area contributed by atoms with Crippen molar-refractivity contribution in [2.24, 2.45) is 10.9 Å². The molecule has 0 unspecified atom stereocenters. The van der Waals surface area contributed by atoms with Gasteiger partial charge in [0.2, 0.25) is 0 Å². The normalized spacial score (nSPS) is 11.3. The molecular weight excluding hydrogens is 234 g/mol. The minimum Gasteiger partial charge on any atom is -0.409 e. The Morgan fingerprint density at radius 1 is 1.44 bits per heavy atom. The SMILES string of the molecule is CCOCC(=O)N(C)c1ccc(C(N)=NO)cc1. The van der Waals surface area contributed by atoms with Crippen LogP contribution in [0.1, 0.15) is 12.5 Å². The third-order valence-electron chi connectivity index (χ3n) is 2.46. The molecule has 0 atom stereocenters. The molecule has 0 bridgehead atoms. The number of anilines is 1. The van der Waals surface area contributed by atoms with Crippen LogP contribution in [0.15, 0.2) is 29.4 Å². The molecule has 0 heterocycles. The van der Waals surface area contributed by atoms with Gasteiger partial charge in [-0.05, 0) is 31.2 Å². The number of rotatable bonds is 5. The van der Waals surface area contributed by atoms with Crippen molar-refractivity contribution in [3.05, 3.63) is 29.8 Å². The molecule has 6 heteroatoms. The summed E-state index contributed by atoms with van der Waals surface area (Å²) < 4.78 is 5.05. The summed E-state index contributed by atoms with van der Waals surface area (Å²) in [5.74, 6) is -0.0988. The van der Waals surface area contributed by atoms with Crippen molar-refractivity contribution in [3.8, 4) is 0 Å². The van der Waals surface area contributed by atoms with Crippen molar-refractivity contribution < 1.29 is 14.7 Å². The van der Waals surface area contributed by atoms with E-state index in [0.717, 1.165) is 0 Å². The first-order chi connectivity index (χ1) is 8.60. The van der Waals surface area contributed by atoms with Crippen LogP contribution in [0.3, 0.4) is 0 Å². The predicted octanol–water partition coefficient (Wildman–Crippen LogP) is 0.780. The van der Waals surface area contributed by atoms with Crippen LogP contribution in [0.5, 0.6) is 0 Å². The Balaban J connectivity index is 2.75. The molecule has 0 radical (unpaired) electrons. The monoisotopic (exact) mass is 251 g/mol. The van der Waals surface area contributed by atoms with Crippen LogP contribution in [0, 0.1) is 0 Å². The van der Waals surface area contributed by atoms with Gasteiger partial charge in [0.1, 0.15) is 6.61 Å². The van der Waals surface area contributed by atoms with Crippen molar-refractivity contribution in [1.29, 1.82) is 0 Å². The highest BCUT2D eigenvalue weighted by Crippen LogP contribution is 2.14. The summed E-state index contributed by atoms with van der Waals surface area (Å²) in [5, 5.41) is 11.4. The maximum atomic E-state index is 11.7. The first kappa shape index (κ1) is 14.0. The Bertz CT molecular complexity index is 429. The highest BCUT2D eigenvalue weighted by Gasteiger charge is 2.10. The lowest BCUT2D eigenvalue weighted by atomic mass is 10.2. The average Bonchev–Trinajstić information content (AvgIpc) is 2.43. The van der Waals surface area contributed by atoms with Gasteiger partial charge in [-0.25, -0.2) is 0 Å². The number of benzene rings is 1. The van der Waals surface area contributed by atoms with Gasteiger partial charge in [0.15, 0.2) is 5.84 Å². The first-order valence-corrected chi connectivity index (χ1v) is 5.52. The van der Waals surface area contributed by atoms with Crippen molar-refractivity contribution in [2.75, 3.05) is 25.2 Å². The molecule has 0 spiro atoms. The summed E-state index contributed by atoms with van der Waals surface area (Å²) in [4.78, 5) is 13.2. The molecule has 0 aliphatic carbocycles. The van der Waals surface area contributed by atoms with E-state index in [2.05, 4.69) is 5.16 Å². The minimum atomic E-state index is -0.131. The summed E-state index contributed by atoms with van der Waals surface area (Å²) in [5.41, 5.74) is 6.75. The molecule has 1 rings (SSSR count). The number of carbonyl (C=O) groups excluding carboxylic acids is 1. The van der Waals surface area contributed by atoms with Crippen LogP contribution in [0.25, 0.3) is 0 Å². The molecule has 1 aromatic rings. The van der Waals surface area contributed by atoms with Gasteiger partial charge < -0.3 is 20.6 Å². The Morgan fingerprint density at radius 3 is 2.56 bits per heavy atom. The number of ether oxygens (including phenoxy) is 1. The van der Waals surface area contributed by atoms with Crippen molar-refractivity contribution in [1.82, 2.24) is 0 Å². The second kappa shape index (κ2) is 6.61. The maximum absolute atomic E-state index is 11.7. The molecule has 18 heavy (non-hydrogen) atoms. The number of hydrogen-bond acceptors (Lipinski definition) is 4. The van der Waals surface area contributed by atoms with E-state index in [-0.39, 0.29) is 18.3 Å². The van der Waals surface area contributed by atoms with E-state index in [1.165, 1.54) is 4.90 Å². The van der Waals surface area contributed by atoms with Gasteiger partial charge in [-0.2, -0.15) is 0 Å². The average molecular weight is 251 g/mol. The van der Waals surface area contributed by atoms with Gasteiger partial charge in [0.05, 0.1) is 0 Å². The Kier molecular flexibility index (Phi) is 5.13. The van der Waals surface area contributed by atoms with E-state index in [1.54, 1.807) is 31.3 Å². The van der Waals surface area contributed by atoms with Crippen LogP contribution in [0.4, 0.5) is 5.69 Å². The molecule has 6 nitrogen and oxygen atoms in total. The number of amidine groups is 1. The van der Waals surface area contributed by atoms with Crippen molar-refractivity contribution >= 4 is 17.4 Å². The number of oxime groups is 1. The fourth-order valence-electron chi connectivity index (χ4n) is 1.34. The van der Waals surface area contributed by atoms with Gasteiger partial charge in [0.25, 0.3) is 5.91 Å². The van der Waals surface area contributed by atoms with Crippen LogP contribution >= 0.6 is 0 Å². The zero-order valence-electron chi connectivity index (χ0n) is 10.5. The van der Waals surface area contributed by atoms with Crippen LogP contribution in [0.2, 0.25) is 0 Å². The van der Waals surface area contributed by atoms with Gasteiger partial charge in [-0.3, -0.25) is 4.79 Å². The summed E-state index contributed by atoms with van der Waals surface area (Å²) in [7, 11) is 1.67. The molecule has 0 fully saturated rings. The molecule has 0 aliphatic rings. The summed E-state index contributed by atoms with van der Waals surface area (Å²) >= 11 is 0. The zero-order chi connectivity index (χ0) is 13.5. The number of likely N-dealkylation sites (N-methyl/N-ethyl adjacent to an activating group) is 1. The fraction of sp³-hybridized carbons (Fsp3) is 0.333. The highest BCUT2D eigenvalue weighted by molar-refractivity contribution is 5.98. The van der Waals surface area contributed by atoms with Gasteiger partial charge in [-0.15, -0.1) is 0 Å². The van der Waals surface area contributed by atoms with Crippen LogP contribution in [-0.4, -0.2) is 37.2 Å². The highest BCUT2D eigenvalue weighted by atomic mass is 16.5. The van der Waals surface area contributed by atoms with Crippen molar-refractivity contribution in [2.45, 2.75) is 6.92 Å². The molecule has 98 valence electrons. The smallest absolute Gasteiger partial charge is 0.252 e. The third kappa shape index (κ3) is 3.46. The molecular formula is C12H17N3O3. The zero-order valence-corrected chi connectivity index (χ0v) is 10.5. The summed E-state index contributed by atoms with van der Waals surface area (Å²) in [6.07, 6.45) is 0. The lowest BCUT2D eigenvalue weighted by molar-refractivity contribution is -0.122. The van der Waals surface area contributed by atoms with E-state index >= 15 is 0 Å². The molecule has 0 saturated carbocycles. The molecule has 0 aliphatic heterocycles. The fourth-order valence-corrected chi connectivity index (χ4v) is 1.34. The standard InChI is InChI=1S/C12H17N3O3/c1-3-18-8-11(16)15(2)10-6-4-9(5-7-10)12(13)14-17/h4-7,17H,3,8H2,1-2H3,(H2,13,14). The largest absolute Gasteiger partial charge is 0.409 e. The topological polar surface area (TPSA) is 88.2 Å². The van der Waals surface area contributed by atoms with Gasteiger partial charge >= 0.3 is 0 Å². The number of hydrogen-bond donors (Lipinski definition) is 2. The molecule has 1 aromatic carbocycles. The number of carbonyl (C=O) groups is 1. The maximum Gasteiger partial charge on any atom is 0.252 e. The lowest BCUT2D eigenvalue weighted by Gasteiger charge is -2.17. The number of amides is 1. The summed E-state index contributed by atoms with van der Waals surface area (Å²) in [6, 6.07) is 6.79. The van der Waals surface area contributed by atoms with Crippen molar-refractivity contribution in [3.63, 3.8) is 0 Å². The Morgan fingerprint density at radius 2 is 2.06 bits per heavy atom. The number of nitrogens with zero attached hydrogens (tertiary/aromatic N) is 2. The van der Waals surface area contributed by atoms with E-state index < -0.39 is 0 Å². The van der Waals surface area contributed by atoms with E-state index in [9.17, 15) is 4.79 Å². The van der Waals surface area contributed by atoms with E-state index in [4.69, 9.17) is 15.7 Å². The molecule has 0 aromatic heterocycles. The molecule has 3 N–H and O–H groups in total. The molecule has 1 amide bonds. The quantitative estimate of drug-likeness (QED) is 0.350. The van der Waals surface area contributed by atoms with Gasteiger partial charge in [0, 0.05) is 24.9 Å². The van der Waals surface area contributed by atoms with Gasteiger partial charge in [-0.1, -0.05) is 5.16 Å².